The van der Waals surface area contributed by atoms with Gasteiger partial charge in [0.15, 0.2) is 0 Å². The van der Waals surface area contributed by atoms with Crippen molar-refractivity contribution in [1.29, 1.82) is 0 Å². The lowest BCUT2D eigenvalue weighted by molar-refractivity contribution is -0.152. The van der Waals surface area contributed by atoms with Crippen LogP contribution in [0.3, 0.4) is 0 Å². The van der Waals surface area contributed by atoms with Crippen molar-refractivity contribution in [1.82, 2.24) is 4.90 Å². The van der Waals surface area contributed by atoms with Gasteiger partial charge in [0, 0.05) is 12.5 Å². The number of hydrogen-bond donors (Lipinski definition) is 1. The summed E-state index contributed by atoms with van der Waals surface area (Å²) in [7, 11) is -0.0222. The molecule has 1 amide bonds. The molecule has 4 atom stereocenters. The van der Waals surface area contributed by atoms with E-state index >= 15 is 0 Å². The van der Waals surface area contributed by atoms with Gasteiger partial charge in [0.1, 0.15) is 40.7 Å². The molecule has 3 rings (SSSR count). The van der Waals surface area contributed by atoms with Crippen LogP contribution in [0.4, 0.5) is 0 Å². The SMILES string of the molecule is COc1ccc(COC(=O)C2=C(COC(C)=O)C(SC)S(=O)[C@@H]3[C@H](N)C(=O)N23)cc1. The summed E-state index contributed by atoms with van der Waals surface area (Å²) in [6.07, 6.45) is 1.72. The Morgan fingerprint density at radius 1 is 1.20 bits per heavy atom. The summed E-state index contributed by atoms with van der Waals surface area (Å²) in [4.78, 5) is 37.8. The van der Waals surface area contributed by atoms with Crippen molar-refractivity contribution in [3.63, 3.8) is 0 Å². The summed E-state index contributed by atoms with van der Waals surface area (Å²) in [5.41, 5.74) is 6.77. The van der Waals surface area contributed by atoms with E-state index in [-0.39, 0.29) is 24.5 Å². The average Bonchev–Trinajstić information content (AvgIpc) is 2.75. The molecule has 0 aromatic heterocycles. The Hall–Kier alpha value is -2.37. The molecule has 0 spiro atoms. The number of amides is 1. The Bertz CT molecular complexity index is 916. The Morgan fingerprint density at radius 2 is 1.87 bits per heavy atom. The molecule has 2 N–H and O–H groups in total. The maximum absolute atomic E-state index is 13.0. The van der Waals surface area contributed by atoms with Crippen LogP contribution in [0, 0.1) is 0 Å². The van der Waals surface area contributed by atoms with Crippen LogP contribution in [0.1, 0.15) is 12.5 Å². The number of esters is 2. The lowest BCUT2D eigenvalue weighted by Crippen LogP contribution is -2.72. The van der Waals surface area contributed by atoms with Crippen LogP contribution in [-0.2, 0) is 41.3 Å². The molecule has 9 nitrogen and oxygen atoms in total. The summed E-state index contributed by atoms with van der Waals surface area (Å²) in [6.45, 7) is 0.911. The van der Waals surface area contributed by atoms with Crippen molar-refractivity contribution in [3.8, 4) is 5.75 Å². The van der Waals surface area contributed by atoms with Crippen LogP contribution < -0.4 is 10.5 Å². The third kappa shape index (κ3) is 4.09. The van der Waals surface area contributed by atoms with Gasteiger partial charge in [-0.15, -0.1) is 11.8 Å². The quantitative estimate of drug-likeness (QED) is 0.463. The molecule has 162 valence electrons. The highest BCUT2D eigenvalue weighted by Gasteiger charge is 2.58. The number of methoxy groups -OCH3 is 1. The van der Waals surface area contributed by atoms with Crippen LogP contribution >= 0.6 is 11.8 Å². The Labute approximate surface area is 180 Å². The van der Waals surface area contributed by atoms with Crippen molar-refractivity contribution in [2.24, 2.45) is 5.73 Å². The van der Waals surface area contributed by atoms with E-state index in [9.17, 15) is 18.6 Å². The smallest absolute Gasteiger partial charge is 0.355 e. The fourth-order valence-corrected chi connectivity index (χ4v) is 6.33. The molecule has 2 unspecified atom stereocenters. The van der Waals surface area contributed by atoms with E-state index in [1.807, 2.05) is 0 Å². The van der Waals surface area contributed by atoms with Crippen LogP contribution in [0.15, 0.2) is 35.5 Å². The van der Waals surface area contributed by atoms with E-state index in [0.717, 1.165) is 10.5 Å². The minimum Gasteiger partial charge on any atom is -0.497 e. The Kier molecular flexibility index (Phi) is 6.84. The summed E-state index contributed by atoms with van der Waals surface area (Å²) < 4.78 is 27.8. The highest BCUT2D eigenvalue weighted by molar-refractivity contribution is 8.11. The number of carbonyl (C=O) groups is 3. The second-order valence-corrected chi connectivity index (χ2v) is 9.45. The second kappa shape index (κ2) is 9.19. The van der Waals surface area contributed by atoms with Crippen LogP contribution in [0.5, 0.6) is 5.75 Å². The number of rotatable bonds is 7. The monoisotopic (exact) mass is 454 g/mol. The average molecular weight is 455 g/mol. The van der Waals surface area contributed by atoms with E-state index in [0.29, 0.717) is 5.75 Å². The standard InChI is InChI=1S/C19H22N2O7S2/c1-10(22)27-9-13-15(18(24)28-8-11-4-6-12(26-2)7-5-11)21-16(23)14(20)17(21)30(25)19(13)29-3/h4-7,14,17,19H,8-9,20H2,1-3H3/t14-,17-,19?,30?/m1/s1. The van der Waals surface area contributed by atoms with Crippen LogP contribution in [-0.4, -0.2) is 62.9 Å². The predicted molar refractivity (Wildman–Crippen MR) is 111 cm³/mol. The molecule has 1 fully saturated rings. The summed E-state index contributed by atoms with van der Waals surface area (Å²) >= 11 is 1.23. The largest absolute Gasteiger partial charge is 0.497 e. The first kappa shape index (κ1) is 22.3. The Morgan fingerprint density at radius 3 is 2.43 bits per heavy atom. The van der Waals surface area contributed by atoms with Crippen molar-refractivity contribution in [2.45, 2.75) is 29.5 Å². The van der Waals surface area contributed by atoms with Gasteiger partial charge in [-0.05, 0) is 24.0 Å². The van der Waals surface area contributed by atoms with Gasteiger partial charge in [-0.3, -0.25) is 18.7 Å². The van der Waals surface area contributed by atoms with E-state index in [1.165, 1.54) is 18.7 Å². The van der Waals surface area contributed by atoms with Crippen molar-refractivity contribution >= 4 is 40.4 Å². The third-order valence-corrected chi connectivity index (χ3v) is 8.28. The molecule has 1 aromatic rings. The van der Waals surface area contributed by atoms with Crippen molar-refractivity contribution < 1.29 is 32.8 Å². The molecule has 30 heavy (non-hydrogen) atoms. The number of hydrogen-bond acceptors (Lipinski definition) is 9. The van der Waals surface area contributed by atoms with Gasteiger partial charge in [-0.2, -0.15) is 0 Å². The molecule has 0 radical (unpaired) electrons. The minimum absolute atomic E-state index is 0.0427. The lowest BCUT2D eigenvalue weighted by Gasteiger charge is -2.49. The zero-order valence-electron chi connectivity index (χ0n) is 16.7. The first-order valence-electron chi connectivity index (χ1n) is 8.97. The molecule has 2 aliphatic heterocycles. The van der Waals surface area contributed by atoms with Gasteiger partial charge in [-0.1, -0.05) is 12.1 Å². The topological polar surface area (TPSA) is 125 Å². The molecule has 2 aliphatic rings. The number of ether oxygens (including phenoxy) is 3. The van der Waals surface area contributed by atoms with Gasteiger partial charge in [0.2, 0.25) is 5.91 Å². The van der Waals surface area contributed by atoms with Gasteiger partial charge in [0.25, 0.3) is 0 Å². The normalized spacial score (nSPS) is 25.3. The molecular formula is C19H22N2O7S2. The van der Waals surface area contributed by atoms with E-state index < -0.39 is 44.6 Å². The zero-order chi connectivity index (χ0) is 22.0. The number of β-lactam (4-membered cyclic amide) rings is 1. The maximum Gasteiger partial charge on any atom is 0.355 e. The molecule has 2 heterocycles. The number of benzene rings is 1. The van der Waals surface area contributed by atoms with Crippen molar-refractivity contribution in [3.05, 3.63) is 41.1 Å². The Balaban J connectivity index is 1.90. The fraction of sp³-hybridized carbons (Fsp3) is 0.421. The van der Waals surface area contributed by atoms with Gasteiger partial charge < -0.3 is 19.9 Å². The predicted octanol–water partition coefficient (Wildman–Crippen LogP) is 0.503. The fourth-order valence-electron chi connectivity index (χ4n) is 3.23. The number of nitrogens with two attached hydrogens (primary N) is 1. The zero-order valence-corrected chi connectivity index (χ0v) is 18.3. The molecule has 11 heteroatoms. The van der Waals surface area contributed by atoms with E-state index in [1.54, 1.807) is 37.6 Å². The first-order valence-corrected chi connectivity index (χ1v) is 11.5. The van der Waals surface area contributed by atoms with Crippen LogP contribution in [0.2, 0.25) is 0 Å². The van der Waals surface area contributed by atoms with Crippen molar-refractivity contribution in [2.75, 3.05) is 20.0 Å². The van der Waals surface area contributed by atoms with E-state index in [2.05, 4.69) is 0 Å². The number of fused-ring (bicyclic) bond motifs is 1. The van der Waals surface area contributed by atoms with Gasteiger partial charge in [-0.25, -0.2) is 4.79 Å². The number of carbonyl (C=O) groups excluding carboxylic acids is 3. The van der Waals surface area contributed by atoms with Gasteiger partial charge >= 0.3 is 11.9 Å². The second-order valence-electron chi connectivity index (χ2n) is 6.60. The minimum atomic E-state index is -1.57. The maximum atomic E-state index is 13.0. The summed E-state index contributed by atoms with van der Waals surface area (Å²) in [5.74, 6) is -1.19. The number of thioether (sulfide) groups is 1. The highest BCUT2D eigenvalue weighted by atomic mass is 32.2. The molecule has 1 saturated heterocycles. The number of nitrogens with zero attached hydrogens (tertiary/aromatic N) is 1. The van der Waals surface area contributed by atoms with E-state index in [4.69, 9.17) is 19.9 Å². The van der Waals surface area contributed by atoms with Crippen LogP contribution in [0.25, 0.3) is 0 Å². The molecular weight excluding hydrogens is 432 g/mol. The summed E-state index contributed by atoms with van der Waals surface area (Å²) in [6, 6.07) is 6.00. The highest BCUT2D eigenvalue weighted by Crippen LogP contribution is 2.41. The molecule has 0 saturated carbocycles. The molecule has 0 aliphatic carbocycles. The van der Waals surface area contributed by atoms with Gasteiger partial charge in [0.05, 0.1) is 17.9 Å². The first-order chi connectivity index (χ1) is 14.3. The third-order valence-electron chi connectivity index (χ3n) is 4.73. The molecule has 0 bridgehead atoms. The summed E-state index contributed by atoms with van der Waals surface area (Å²) in [5, 5.41) is -0.820. The molecule has 1 aromatic carbocycles. The lowest BCUT2D eigenvalue weighted by atomic mass is 10.0.